The normalized spacial score (nSPS) is 11.5. The maximum absolute atomic E-state index is 12.8. The van der Waals surface area contributed by atoms with Crippen LogP contribution < -0.4 is 0 Å². The molecule has 0 saturated heterocycles. The molecule has 2 N–H and O–H groups in total. The standard InChI is InChI=1S/C17H12O5S/c18-15-9-10-16(14-4-2-1-3-13(14)15)23(21,22)12-7-5-11(6-8-12)17(19)20/h1-10,18H,(H,19,20). The molecular formula is C17H12O5S. The van der Waals surface area contributed by atoms with E-state index in [-0.39, 0.29) is 21.1 Å². The van der Waals surface area contributed by atoms with Gasteiger partial charge in [0.15, 0.2) is 0 Å². The van der Waals surface area contributed by atoms with E-state index in [4.69, 9.17) is 5.11 Å². The van der Waals surface area contributed by atoms with Gasteiger partial charge >= 0.3 is 5.97 Å². The Morgan fingerprint density at radius 2 is 1.43 bits per heavy atom. The molecule has 0 fully saturated rings. The van der Waals surface area contributed by atoms with Gasteiger partial charge in [-0.25, -0.2) is 13.2 Å². The lowest BCUT2D eigenvalue weighted by Crippen LogP contribution is -2.04. The fraction of sp³-hybridized carbons (Fsp3) is 0. The highest BCUT2D eigenvalue weighted by atomic mass is 32.2. The monoisotopic (exact) mass is 328 g/mol. The van der Waals surface area contributed by atoms with E-state index in [0.29, 0.717) is 10.8 Å². The van der Waals surface area contributed by atoms with Crippen molar-refractivity contribution in [1.82, 2.24) is 0 Å². The molecule has 3 aromatic rings. The van der Waals surface area contributed by atoms with E-state index in [0.717, 1.165) is 0 Å². The van der Waals surface area contributed by atoms with Crippen molar-refractivity contribution in [2.24, 2.45) is 0 Å². The van der Waals surface area contributed by atoms with Gasteiger partial charge in [0.05, 0.1) is 15.4 Å². The first-order valence-corrected chi connectivity index (χ1v) is 8.19. The number of phenolic OH excluding ortho intramolecular Hbond substituents is 1. The molecule has 0 bridgehead atoms. The van der Waals surface area contributed by atoms with E-state index >= 15 is 0 Å². The van der Waals surface area contributed by atoms with E-state index in [1.807, 2.05) is 0 Å². The third-order valence-electron chi connectivity index (χ3n) is 3.56. The third kappa shape index (κ3) is 2.53. The van der Waals surface area contributed by atoms with Gasteiger partial charge in [0.25, 0.3) is 0 Å². The fourth-order valence-corrected chi connectivity index (χ4v) is 3.86. The van der Waals surface area contributed by atoms with E-state index in [9.17, 15) is 18.3 Å². The molecule has 3 aromatic carbocycles. The van der Waals surface area contributed by atoms with Crippen LogP contribution in [0.1, 0.15) is 10.4 Å². The number of sulfone groups is 1. The molecule has 5 nitrogen and oxygen atoms in total. The van der Waals surface area contributed by atoms with E-state index in [1.54, 1.807) is 24.3 Å². The van der Waals surface area contributed by atoms with Crippen LogP contribution in [0.2, 0.25) is 0 Å². The van der Waals surface area contributed by atoms with Gasteiger partial charge in [-0.2, -0.15) is 0 Å². The second kappa shape index (κ2) is 5.40. The number of carbonyl (C=O) groups is 1. The predicted molar refractivity (Wildman–Crippen MR) is 84.5 cm³/mol. The summed E-state index contributed by atoms with van der Waals surface area (Å²) in [5, 5.41) is 19.6. The lowest BCUT2D eigenvalue weighted by atomic mass is 10.1. The molecule has 116 valence electrons. The zero-order valence-electron chi connectivity index (χ0n) is 11.8. The average molecular weight is 328 g/mol. The molecule has 0 aliphatic heterocycles. The van der Waals surface area contributed by atoms with Crippen molar-refractivity contribution < 1.29 is 23.4 Å². The Balaban J connectivity index is 2.21. The van der Waals surface area contributed by atoms with E-state index in [2.05, 4.69) is 0 Å². The Morgan fingerprint density at radius 1 is 0.826 bits per heavy atom. The maximum Gasteiger partial charge on any atom is 0.335 e. The second-order valence-corrected chi connectivity index (χ2v) is 6.88. The minimum Gasteiger partial charge on any atom is -0.507 e. The van der Waals surface area contributed by atoms with Crippen LogP contribution >= 0.6 is 0 Å². The number of aromatic hydroxyl groups is 1. The first-order chi connectivity index (χ1) is 10.9. The SMILES string of the molecule is O=C(O)c1ccc(S(=O)(=O)c2ccc(O)c3ccccc23)cc1. The number of benzene rings is 3. The molecule has 0 heterocycles. The van der Waals surface area contributed by atoms with E-state index in [1.165, 1.54) is 36.4 Å². The number of rotatable bonds is 3. The molecule has 0 amide bonds. The summed E-state index contributed by atoms with van der Waals surface area (Å²) in [7, 11) is -3.83. The quantitative estimate of drug-likeness (QED) is 0.771. The van der Waals surface area contributed by atoms with Crippen molar-refractivity contribution in [2.75, 3.05) is 0 Å². The van der Waals surface area contributed by atoms with Crippen molar-refractivity contribution in [3.63, 3.8) is 0 Å². The molecule has 0 aromatic heterocycles. The van der Waals surface area contributed by atoms with Crippen LogP contribution in [0.25, 0.3) is 10.8 Å². The molecule has 0 radical (unpaired) electrons. The minimum atomic E-state index is -3.83. The van der Waals surface area contributed by atoms with Gasteiger partial charge in [0.2, 0.25) is 9.84 Å². The van der Waals surface area contributed by atoms with Gasteiger partial charge in [-0.05, 0) is 36.4 Å². The van der Waals surface area contributed by atoms with Crippen molar-refractivity contribution in [3.8, 4) is 5.75 Å². The lowest BCUT2D eigenvalue weighted by molar-refractivity contribution is 0.0696. The third-order valence-corrected chi connectivity index (χ3v) is 5.39. The topological polar surface area (TPSA) is 91.7 Å². The summed E-state index contributed by atoms with van der Waals surface area (Å²) in [6.45, 7) is 0. The Labute approximate surface area is 132 Å². The molecule has 0 spiro atoms. The lowest BCUT2D eigenvalue weighted by Gasteiger charge is -2.09. The number of hydrogen-bond acceptors (Lipinski definition) is 4. The van der Waals surface area contributed by atoms with Gasteiger partial charge < -0.3 is 10.2 Å². The van der Waals surface area contributed by atoms with E-state index < -0.39 is 15.8 Å². The number of aromatic carboxylic acids is 1. The average Bonchev–Trinajstić information content (AvgIpc) is 2.55. The summed E-state index contributed by atoms with van der Waals surface area (Å²) in [4.78, 5) is 10.9. The number of carboxylic acids is 1. The smallest absolute Gasteiger partial charge is 0.335 e. The highest BCUT2D eigenvalue weighted by Crippen LogP contribution is 2.33. The Morgan fingerprint density at radius 3 is 2.04 bits per heavy atom. The van der Waals surface area contributed by atoms with Crippen LogP contribution in [0.15, 0.2) is 70.5 Å². The molecule has 0 saturated carbocycles. The van der Waals surface area contributed by atoms with Crippen molar-refractivity contribution in [3.05, 3.63) is 66.2 Å². The van der Waals surface area contributed by atoms with Gasteiger partial charge in [0.1, 0.15) is 5.75 Å². The van der Waals surface area contributed by atoms with Gasteiger partial charge in [-0.3, -0.25) is 0 Å². The first-order valence-electron chi connectivity index (χ1n) is 6.70. The van der Waals surface area contributed by atoms with Crippen molar-refractivity contribution in [1.29, 1.82) is 0 Å². The van der Waals surface area contributed by atoms with Crippen molar-refractivity contribution >= 4 is 26.6 Å². The Hall–Kier alpha value is -2.86. The summed E-state index contributed by atoms with van der Waals surface area (Å²) in [5.41, 5.74) is 0.0134. The number of fused-ring (bicyclic) bond motifs is 1. The minimum absolute atomic E-state index is 0.000718. The molecule has 3 rings (SSSR count). The van der Waals surface area contributed by atoms with Crippen molar-refractivity contribution in [2.45, 2.75) is 9.79 Å². The second-order valence-electron chi connectivity index (χ2n) is 4.96. The number of phenols is 1. The summed E-state index contributed by atoms with van der Waals surface area (Å²) < 4.78 is 25.6. The summed E-state index contributed by atoms with van der Waals surface area (Å²) >= 11 is 0. The van der Waals surface area contributed by atoms with Crippen LogP contribution in [0.3, 0.4) is 0 Å². The fourth-order valence-electron chi connectivity index (χ4n) is 2.39. The zero-order valence-corrected chi connectivity index (χ0v) is 12.6. The summed E-state index contributed by atoms with van der Waals surface area (Å²) in [6.07, 6.45) is 0. The van der Waals surface area contributed by atoms with Crippen LogP contribution in [0.5, 0.6) is 5.75 Å². The molecular weight excluding hydrogens is 316 g/mol. The highest BCUT2D eigenvalue weighted by molar-refractivity contribution is 7.91. The first kappa shape index (κ1) is 15.1. The summed E-state index contributed by atoms with van der Waals surface area (Å²) in [6, 6.07) is 14.4. The largest absolute Gasteiger partial charge is 0.507 e. The predicted octanol–water partition coefficient (Wildman–Crippen LogP) is 3.08. The molecule has 0 unspecified atom stereocenters. The molecule has 0 aliphatic carbocycles. The molecule has 6 heteroatoms. The Kier molecular flexibility index (Phi) is 3.54. The molecule has 0 atom stereocenters. The van der Waals surface area contributed by atoms with Crippen LogP contribution in [0, 0.1) is 0 Å². The maximum atomic E-state index is 12.8. The van der Waals surface area contributed by atoms with Gasteiger partial charge in [-0.1, -0.05) is 24.3 Å². The van der Waals surface area contributed by atoms with Gasteiger partial charge in [-0.15, -0.1) is 0 Å². The zero-order chi connectivity index (χ0) is 16.6. The van der Waals surface area contributed by atoms with Crippen LogP contribution in [-0.2, 0) is 9.84 Å². The molecule has 23 heavy (non-hydrogen) atoms. The summed E-state index contributed by atoms with van der Waals surface area (Å²) in [5.74, 6) is -1.12. The number of carboxylic acid groups (broad SMARTS) is 1. The number of hydrogen-bond donors (Lipinski definition) is 2. The highest BCUT2D eigenvalue weighted by Gasteiger charge is 2.21. The van der Waals surface area contributed by atoms with Crippen LogP contribution in [-0.4, -0.2) is 24.6 Å². The molecule has 0 aliphatic rings. The Bertz CT molecular complexity index is 1000. The van der Waals surface area contributed by atoms with Gasteiger partial charge in [0, 0.05) is 10.8 Å². The van der Waals surface area contributed by atoms with Crippen LogP contribution in [0.4, 0.5) is 0 Å².